The van der Waals surface area contributed by atoms with Crippen molar-refractivity contribution in [1.82, 2.24) is 0 Å². The molecular formula is C23H18O. The fraction of sp³-hybridized carbons (Fsp3) is 0.0435. The van der Waals surface area contributed by atoms with Crippen LogP contribution in [0.1, 0.15) is 11.1 Å². The summed E-state index contributed by atoms with van der Waals surface area (Å²) in [6.07, 6.45) is 4.38. The molecule has 0 radical (unpaired) electrons. The Balaban J connectivity index is 1.83. The van der Waals surface area contributed by atoms with Crippen molar-refractivity contribution in [2.24, 2.45) is 0 Å². The van der Waals surface area contributed by atoms with Gasteiger partial charge in [0, 0.05) is 5.39 Å². The lowest BCUT2D eigenvalue weighted by Gasteiger charge is -2.08. The predicted octanol–water partition coefficient (Wildman–Crippen LogP) is 6.17. The Morgan fingerprint density at radius 1 is 0.583 bits per heavy atom. The van der Waals surface area contributed by atoms with E-state index in [0.29, 0.717) is 0 Å². The van der Waals surface area contributed by atoms with Gasteiger partial charge in [0.25, 0.3) is 0 Å². The maximum atomic E-state index is 5.48. The van der Waals surface area contributed by atoms with Crippen LogP contribution in [0.5, 0.6) is 5.75 Å². The molecule has 116 valence electrons. The van der Waals surface area contributed by atoms with Crippen LogP contribution >= 0.6 is 0 Å². The molecule has 0 saturated heterocycles. The van der Waals surface area contributed by atoms with Crippen LogP contribution in [0.3, 0.4) is 0 Å². The molecule has 1 nitrogen and oxygen atoms in total. The molecule has 0 bridgehead atoms. The quantitative estimate of drug-likeness (QED) is 0.411. The summed E-state index contributed by atoms with van der Waals surface area (Å²) in [7, 11) is 1.72. The topological polar surface area (TPSA) is 9.23 Å². The van der Waals surface area contributed by atoms with Gasteiger partial charge in [-0.1, -0.05) is 84.9 Å². The van der Waals surface area contributed by atoms with Crippen molar-refractivity contribution in [1.29, 1.82) is 0 Å². The van der Waals surface area contributed by atoms with Gasteiger partial charge in [0.15, 0.2) is 0 Å². The summed E-state index contributed by atoms with van der Waals surface area (Å²) in [4.78, 5) is 0. The van der Waals surface area contributed by atoms with Crippen molar-refractivity contribution in [3.63, 3.8) is 0 Å². The number of hydrogen-bond acceptors (Lipinski definition) is 1. The van der Waals surface area contributed by atoms with Gasteiger partial charge in [-0.3, -0.25) is 0 Å². The summed E-state index contributed by atoms with van der Waals surface area (Å²) in [5.41, 5.74) is 2.42. The SMILES string of the molecule is COc1ccc(C=Cc2cccc3ccccc23)c2ccccc12. The monoisotopic (exact) mass is 310 g/mol. The minimum absolute atomic E-state index is 0.910. The van der Waals surface area contributed by atoms with Crippen molar-refractivity contribution in [3.8, 4) is 5.75 Å². The van der Waals surface area contributed by atoms with Crippen LogP contribution in [0.15, 0.2) is 78.9 Å². The van der Waals surface area contributed by atoms with Gasteiger partial charge < -0.3 is 4.74 Å². The summed E-state index contributed by atoms with van der Waals surface area (Å²) in [6.45, 7) is 0. The largest absolute Gasteiger partial charge is 0.496 e. The van der Waals surface area contributed by atoms with E-state index in [1.54, 1.807) is 7.11 Å². The van der Waals surface area contributed by atoms with E-state index in [1.165, 1.54) is 27.3 Å². The Labute approximate surface area is 141 Å². The van der Waals surface area contributed by atoms with Crippen molar-refractivity contribution >= 4 is 33.7 Å². The first-order valence-corrected chi connectivity index (χ1v) is 8.08. The number of methoxy groups -OCH3 is 1. The minimum atomic E-state index is 0.910. The summed E-state index contributed by atoms with van der Waals surface area (Å²) in [5, 5.41) is 4.88. The molecule has 0 heterocycles. The van der Waals surface area contributed by atoms with E-state index in [2.05, 4.69) is 78.9 Å². The molecule has 1 heteroatoms. The second-order valence-electron chi connectivity index (χ2n) is 5.80. The minimum Gasteiger partial charge on any atom is -0.496 e. The zero-order chi connectivity index (χ0) is 16.4. The Morgan fingerprint density at radius 3 is 2.00 bits per heavy atom. The van der Waals surface area contributed by atoms with Gasteiger partial charge in [-0.2, -0.15) is 0 Å². The Bertz CT molecular complexity index is 1040. The lowest BCUT2D eigenvalue weighted by atomic mass is 10.0. The molecule has 0 saturated carbocycles. The fourth-order valence-electron chi connectivity index (χ4n) is 3.19. The van der Waals surface area contributed by atoms with Gasteiger partial charge in [0.2, 0.25) is 0 Å². The van der Waals surface area contributed by atoms with Crippen molar-refractivity contribution < 1.29 is 4.74 Å². The van der Waals surface area contributed by atoms with Crippen LogP contribution in [0.4, 0.5) is 0 Å². The first-order chi connectivity index (χ1) is 11.9. The summed E-state index contributed by atoms with van der Waals surface area (Å²) >= 11 is 0. The third kappa shape index (κ3) is 2.55. The van der Waals surface area contributed by atoms with E-state index in [1.807, 2.05) is 12.1 Å². The first kappa shape index (κ1) is 14.5. The molecule has 0 aliphatic heterocycles. The van der Waals surface area contributed by atoms with Crippen molar-refractivity contribution in [2.45, 2.75) is 0 Å². The molecule has 0 fully saturated rings. The van der Waals surface area contributed by atoms with Crippen molar-refractivity contribution in [2.75, 3.05) is 7.11 Å². The molecule has 0 spiro atoms. The number of ether oxygens (including phenoxy) is 1. The third-order valence-corrected chi connectivity index (χ3v) is 4.40. The molecule has 0 atom stereocenters. The van der Waals surface area contributed by atoms with Crippen molar-refractivity contribution in [3.05, 3.63) is 90.0 Å². The molecule has 0 N–H and O–H groups in total. The normalized spacial score (nSPS) is 11.4. The van der Waals surface area contributed by atoms with Gasteiger partial charge in [0.1, 0.15) is 5.75 Å². The van der Waals surface area contributed by atoms with Crippen LogP contribution in [0.2, 0.25) is 0 Å². The van der Waals surface area contributed by atoms with Gasteiger partial charge >= 0.3 is 0 Å². The van der Waals surface area contributed by atoms with E-state index < -0.39 is 0 Å². The number of benzene rings is 4. The molecular weight excluding hydrogens is 292 g/mol. The van der Waals surface area contributed by atoms with Crippen LogP contribution in [-0.4, -0.2) is 7.11 Å². The first-order valence-electron chi connectivity index (χ1n) is 8.08. The van der Waals surface area contributed by atoms with E-state index in [-0.39, 0.29) is 0 Å². The highest BCUT2D eigenvalue weighted by atomic mass is 16.5. The molecule has 0 amide bonds. The molecule has 0 aliphatic carbocycles. The molecule has 4 aromatic carbocycles. The number of hydrogen-bond donors (Lipinski definition) is 0. The second kappa shape index (κ2) is 6.21. The Kier molecular flexibility index (Phi) is 3.76. The van der Waals surface area contributed by atoms with Gasteiger partial charge in [0.05, 0.1) is 7.11 Å². The zero-order valence-electron chi connectivity index (χ0n) is 13.6. The van der Waals surface area contributed by atoms with E-state index in [0.717, 1.165) is 11.1 Å². The van der Waals surface area contributed by atoms with Crippen LogP contribution < -0.4 is 4.74 Å². The fourth-order valence-corrected chi connectivity index (χ4v) is 3.19. The number of fused-ring (bicyclic) bond motifs is 2. The van der Waals surface area contributed by atoms with Gasteiger partial charge in [-0.05, 0) is 33.4 Å². The van der Waals surface area contributed by atoms with Gasteiger partial charge in [-0.25, -0.2) is 0 Å². The van der Waals surface area contributed by atoms with E-state index >= 15 is 0 Å². The Morgan fingerprint density at radius 2 is 1.21 bits per heavy atom. The van der Waals surface area contributed by atoms with Crippen LogP contribution in [0, 0.1) is 0 Å². The van der Waals surface area contributed by atoms with Crippen LogP contribution in [0.25, 0.3) is 33.7 Å². The maximum Gasteiger partial charge on any atom is 0.126 e. The standard InChI is InChI=1S/C23H18O/c1-24-23-16-15-19(21-11-4-5-12-22(21)23)14-13-18-9-6-8-17-7-2-3-10-20(17)18/h2-16H,1H3. The highest BCUT2D eigenvalue weighted by Crippen LogP contribution is 2.30. The lowest BCUT2D eigenvalue weighted by Crippen LogP contribution is -1.86. The molecule has 24 heavy (non-hydrogen) atoms. The second-order valence-corrected chi connectivity index (χ2v) is 5.80. The molecule has 4 aromatic rings. The molecule has 0 aromatic heterocycles. The van der Waals surface area contributed by atoms with E-state index in [4.69, 9.17) is 4.74 Å². The van der Waals surface area contributed by atoms with E-state index in [9.17, 15) is 0 Å². The summed E-state index contributed by atoms with van der Waals surface area (Å²) < 4.78 is 5.48. The maximum absolute atomic E-state index is 5.48. The van der Waals surface area contributed by atoms with Gasteiger partial charge in [-0.15, -0.1) is 0 Å². The lowest BCUT2D eigenvalue weighted by molar-refractivity contribution is 0.420. The highest BCUT2D eigenvalue weighted by Gasteiger charge is 2.04. The number of rotatable bonds is 3. The Hall–Kier alpha value is -3.06. The molecule has 0 aliphatic rings. The molecule has 4 rings (SSSR count). The zero-order valence-corrected chi connectivity index (χ0v) is 13.6. The summed E-state index contributed by atoms with van der Waals surface area (Å²) in [6, 6.07) is 27.4. The average molecular weight is 310 g/mol. The highest BCUT2D eigenvalue weighted by molar-refractivity contribution is 5.98. The summed E-state index contributed by atoms with van der Waals surface area (Å²) in [5.74, 6) is 0.910. The van der Waals surface area contributed by atoms with Crippen LogP contribution in [-0.2, 0) is 0 Å². The average Bonchev–Trinajstić information content (AvgIpc) is 2.66. The smallest absolute Gasteiger partial charge is 0.126 e. The third-order valence-electron chi connectivity index (χ3n) is 4.40. The predicted molar refractivity (Wildman–Crippen MR) is 103 cm³/mol. The molecule has 0 unspecified atom stereocenters.